The zero-order valence-electron chi connectivity index (χ0n) is 18.6. The van der Waals surface area contributed by atoms with E-state index >= 15 is 0 Å². The second kappa shape index (κ2) is 9.03. The maximum absolute atomic E-state index is 12.8. The molecule has 9 heteroatoms. The third kappa shape index (κ3) is 4.45. The highest BCUT2D eigenvalue weighted by atomic mass is 16.5. The zero-order valence-corrected chi connectivity index (χ0v) is 18.6. The Morgan fingerprint density at radius 3 is 2.48 bits per heavy atom. The Kier molecular flexibility index (Phi) is 6.43. The average molecular weight is 425 g/mol. The van der Waals surface area contributed by atoms with Crippen molar-refractivity contribution in [2.45, 2.75) is 27.3 Å². The quantitative estimate of drug-likeness (QED) is 0.583. The number of likely N-dealkylation sites (N-methyl/N-ethyl adjacent to an activating group) is 1. The lowest BCUT2D eigenvalue weighted by atomic mass is 10.2. The molecule has 0 spiro atoms. The molecule has 9 nitrogen and oxygen atoms in total. The number of ether oxygens (including phenoxy) is 2. The summed E-state index contributed by atoms with van der Waals surface area (Å²) in [7, 11) is 4.89. The molecule has 0 aliphatic heterocycles. The third-order valence-electron chi connectivity index (χ3n) is 5.25. The summed E-state index contributed by atoms with van der Waals surface area (Å²) in [6.07, 6.45) is 3.30. The van der Waals surface area contributed by atoms with E-state index in [4.69, 9.17) is 9.47 Å². The van der Waals surface area contributed by atoms with Gasteiger partial charge in [-0.05, 0) is 32.9 Å². The van der Waals surface area contributed by atoms with Gasteiger partial charge in [-0.1, -0.05) is 0 Å². The van der Waals surface area contributed by atoms with Gasteiger partial charge in [0.1, 0.15) is 5.82 Å². The highest BCUT2D eigenvalue weighted by Crippen LogP contribution is 2.30. The van der Waals surface area contributed by atoms with Gasteiger partial charge < -0.3 is 19.4 Å². The zero-order chi connectivity index (χ0) is 22.7. The maximum atomic E-state index is 12.8. The van der Waals surface area contributed by atoms with Gasteiger partial charge >= 0.3 is 0 Å². The lowest BCUT2D eigenvalue weighted by Crippen LogP contribution is -2.30. The fraction of sp³-hybridized carbons (Fsp3) is 0.364. The summed E-state index contributed by atoms with van der Waals surface area (Å²) in [5, 5.41) is 4.75. The van der Waals surface area contributed by atoms with Crippen molar-refractivity contribution in [1.29, 1.82) is 0 Å². The molecule has 164 valence electrons. The number of hydrogen-bond acceptors (Lipinski definition) is 6. The lowest BCUT2D eigenvalue weighted by Gasteiger charge is -2.18. The van der Waals surface area contributed by atoms with Gasteiger partial charge in [0.15, 0.2) is 11.5 Å². The van der Waals surface area contributed by atoms with Gasteiger partial charge in [-0.3, -0.25) is 14.3 Å². The Morgan fingerprint density at radius 2 is 1.90 bits per heavy atom. The van der Waals surface area contributed by atoms with Crippen LogP contribution in [0.5, 0.6) is 11.5 Å². The molecule has 31 heavy (non-hydrogen) atoms. The van der Waals surface area contributed by atoms with Crippen molar-refractivity contribution in [2.75, 3.05) is 20.8 Å². The number of methoxy groups -OCH3 is 2. The molecule has 0 saturated heterocycles. The second-order valence-corrected chi connectivity index (χ2v) is 7.13. The number of benzene rings is 1. The van der Waals surface area contributed by atoms with Crippen molar-refractivity contribution >= 4 is 22.9 Å². The van der Waals surface area contributed by atoms with E-state index in [-0.39, 0.29) is 18.0 Å². The van der Waals surface area contributed by atoms with Crippen molar-refractivity contribution in [1.82, 2.24) is 24.6 Å². The molecule has 2 heterocycles. The van der Waals surface area contributed by atoms with Gasteiger partial charge in [0.25, 0.3) is 5.56 Å². The van der Waals surface area contributed by atoms with E-state index in [0.717, 1.165) is 17.0 Å². The van der Waals surface area contributed by atoms with Crippen LogP contribution in [0.4, 0.5) is 0 Å². The van der Waals surface area contributed by atoms with Crippen LogP contribution in [0, 0.1) is 13.8 Å². The molecule has 0 atom stereocenters. The number of aryl methyl sites for hydroxylation is 2. The number of hydrogen-bond donors (Lipinski definition) is 1. The summed E-state index contributed by atoms with van der Waals surface area (Å²) in [5.41, 5.74) is 2.93. The molecular formula is C22H27N5O4. The number of amides is 1. The normalized spacial score (nSPS) is 11.3. The summed E-state index contributed by atoms with van der Waals surface area (Å²) in [5.74, 6) is 1.14. The van der Waals surface area contributed by atoms with E-state index < -0.39 is 0 Å². The molecule has 0 bridgehead atoms. The van der Waals surface area contributed by atoms with Gasteiger partial charge in [0, 0.05) is 37.0 Å². The SMILES string of the molecule is CCN(Cc1nc2cc(OC)c(OC)cc2c(=O)[nH]1)C(=O)/C=C/c1c(C)nn(C)c1C. The molecule has 1 amide bonds. The number of rotatable bonds is 7. The van der Waals surface area contributed by atoms with Gasteiger partial charge in [-0.2, -0.15) is 5.10 Å². The molecule has 0 radical (unpaired) electrons. The fourth-order valence-electron chi connectivity index (χ4n) is 3.41. The Morgan fingerprint density at radius 1 is 1.23 bits per heavy atom. The molecule has 0 saturated carbocycles. The van der Waals surface area contributed by atoms with Crippen molar-refractivity contribution < 1.29 is 14.3 Å². The first-order valence-corrected chi connectivity index (χ1v) is 9.91. The molecule has 2 aromatic heterocycles. The summed E-state index contributed by atoms with van der Waals surface area (Å²) < 4.78 is 12.3. The van der Waals surface area contributed by atoms with E-state index in [0.29, 0.717) is 34.8 Å². The number of carbonyl (C=O) groups excluding carboxylic acids is 1. The molecule has 0 unspecified atom stereocenters. The molecule has 0 aliphatic carbocycles. The number of aromatic amines is 1. The summed E-state index contributed by atoms with van der Waals surface area (Å²) in [4.78, 5) is 34.2. The van der Waals surface area contributed by atoms with Crippen LogP contribution in [0.1, 0.15) is 29.7 Å². The van der Waals surface area contributed by atoms with Crippen LogP contribution in [0.2, 0.25) is 0 Å². The van der Waals surface area contributed by atoms with E-state index in [1.807, 2.05) is 27.8 Å². The molecular weight excluding hydrogens is 398 g/mol. The van der Waals surface area contributed by atoms with Crippen LogP contribution in [0.25, 0.3) is 17.0 Å². The highest BCUT2D eigenvalue weighted by Gasteiger charge is 2.15. The number of nitrogens with one attached hydrogen (secondary N) is 1. The minimum Gasteiger partial charge on any atom is -0.493 e. The number of fused-ring (bicyclic) bond motifs is 1. The van der Waals surface area contributed by atoms with Crippen molar-refractivity contribution in [3.05, 3.63) is 51.3 Å². The van der Waals surface area contributed by atoms with Gasteiger partial charge in [0.05, 0.1) is 37.4 Å². The van der Waals surface area contributed by atoms with E-state index in [2.05, 4.69) is 15.1 Å². The largest absolute Gasteiger partial charge is 0.493 e. The first-order chi connectivity index (χ1) is 14.8. The van der Waals surface area contributed by atoms with Crippen molar-refractivity contribution in [3.8, 4) is 11.5 Å². The molecule has 1 N–H and O–H groups in total. The summed E-state index contributed by atoms with van der Waals surface area (Å²) in [6.45, 7) is 6.36. The van der Waals surface area contributed by atoms with Crippen LogP contribution in [-0.4, -0.2) is 51.3 Å². The van der Waals surface area contributed by atoms with Gasteiger partial charge in [-0.25, -0.2) is 4.98 Å². The molecule has 3 aromatic rings. The van der Waals surface area contributed by atoms with Gasteiger partial charge in [-0.15, -0.1) is 0 Å². The molecule has 3 rings (SSSR count). The van der Waals surface area contributed by atoms with Crippen LogP contribution < -0.4 is 15.0 Å². The maximum Gasteiger partial charge on any atom is 0.258 e. The van der Waals surface area contributed by atoms with Crippen LogP contribution in [0.15, 0.2) is 23.0 Å². The third-order valence-corrected chi connectivity index (χ3v) is 5.25. The Hall–Kier alpha value is -3.62. The smallest absolute Gasteiger partial charge is 0.258 e. The number of H-pyrrole nitrogens is 1. The fourth-order valence-corrected chi connectivity index (χ4v) is 3.41. The number of carbonyl (C=O) groups is 1. The molecule has 0 fully saturated rings. The topological polar surface area (TPSA) is 102 Å². The van der Waals surface area contributed by atoms with E-state index in [1.54, 1.807) is 27.8 Å². The Balaban J connectivity index is 1.87. The molecule has 1 aromatic carbocycles. The van der Waals surface area contributed by atoms with Gasteiger partial charge in [0.2, 0.25) is 5.91 Å². The predicted molar refractivity (Wildman–Crippen MR) is 118 cm³/mol. The average Bonchev–Trinajstić information content (AvgIpc) is 3.00. The minimum absolute atomic E-state index is 0.171. The van der Waals surface area contributed by atoms with E-state index in [1.165, 1.54) is 20.3 Å². The monoisotopic (exact) mass is 425 g/mol. The van der Waals surface area contributed by atoms with Crippen molar-refractivity contribution in [2.24, 2.45) is 7.05 Å². The summed E-state index contributed by atoms with van der Waals surface area (Å²) in [6, 6.07) is 3.24. The first kappa shape index (κ1) is 22.1. The Bertz CT molecular complexity index is 1210. The van der Waals surface area contributed by atoms with Crippen LogP contribution in [0.3, 0.4) is 0 Å². The predicted octanol–water partition coefficient (Wildman–Crippen LogP) is 2.35. The lowest BCUT2D eigenvalue weighted by molar-refractivity contribution is -0.126. The standard InChI is InChI=1S/C22H27N5O4/c1-7-27(21(28)9-8-15-13(2)25-26(4)14(15)3)12-20-23-17-11-19(31-6)18(30-5)10-16(17)22(29)24-20/h8-11H,7,12H2,1-6H3,(H,23,24,29)/b9-8+. The van der Waals surface area contributed by atoms with Crippen LogP contribution in [-0.2, 0) is 18.4 Å². The summed E-state index contributed by atoms with van der Waals surface area (Å²) >= 11 is 0. The van der Waals surface area contributed by atoms with E-state index in [9.17, 15) is 9.59 Å². The highest BCUT2D eigenvalue weighted by molar-refractivity contribution is 5.92. The minimum atomic E-state index is -0.304. The number of aromatic nitrogens is 4. The van der Waals surface area contributed by atoms with Crippen LogP contribution >= 0.6 is 0 Å². The second-order valence-electron chi connectivity index (χ2n) is 7.13. The molecule has 0 aliphatic rings. The van der Waals surface area contributed by atoms with Crippen molar-refractivity contribution in [3.63, 3.8) is 0 Å². The Labute approximate surface area is 180 Å². The first-order valence-electron chi connectivity index (χ1n) is 9.91. The number of nitrogens with zero attached hydrogens (tertiary/aromatic N) is 4.